The summed E-state index contributed by atoms with van der Waals surface area (Å²) in [5.41, 5.74) is 5.84. The van der Waals surface area contributed by atoms with Gasteiger partial charge in [-0.15, -0.1) is 0 Å². The highest BCUT2D eigenvalue weighted by molar-refractivity contribution is 5.81. The van der Waals surface area contributed by atoms with Gasteiger partial charge in [0.25, 0.3) is 0 Å². The lowest BCUT2D eigenvalue weighted by Gasteiger charge is -2.34. The number of carboxylic acids is 1. The average Bonchev–Trinajstić information content (AvgIpc) is 2.42. The van der Waals surface area contributed by atoms with Gasteiger partial charge < -0.3 is 20.5 Å². The lowest BCUT2D eigenvalue weighted by Crippen LogP contribution is -2.48. The lowest BCUT2D eigenvalue weighted by atomic mass is 9.93. The molecule has 0 aromatic carbocycles. The van der Waals surface area contributed by atoms with Crippen molar-refractivity contribution in [3.05, 3.63) is 0 Å². The maximum atomic E-state index is 12.1. The van der Waals surface area contributed by atoms with Gasteiger partial charge in [0.15, 0.2) is 0 Å². The molecule has 1 amide bonds. The van der Waals surface area contributed by atoms with E-state index in [0.717, 1.165) is 19.4 Å². The molecule has 6 nitrogen and oxygen atoms in total. The molecule has 1 rings (SSSR count). The molecule has 0 aromatic heterocycles. The second-order valence-corrected chi connectivity index (χ2v) is 5.11. The number of amides is 1. The van der Waals surface area contributed by atoms with Crippen LogP contribution >= 0.6 is 0 Å². The maximum absolute atomic E-state index is 12.1. The zero-order chi connectivity index (χ0) is 14.3. The van der Waals surface area contributed by atoms with Crippen molar-refractivity contribution in [2.45, 2.75) is 38.1 Å². The van der Waals surface area contributed by atoms with E-state index in [2.05, 4.69) is 0 Å². The van der Waals surface area contributed by atoms with E-state index in [0.29, 0.717) is 26.0 Å². The van der Waals surface area contributed by atoms with Gasteiger partial charge in [-0.3, -0.25) is 9.59 Å². The summed E-state index contributed by atoms with van der Waals surface area (Å²) in [6.07, 6.45) is 3.23. The van der Waals surface area contributed by atoms with Crippen LogP contribution in [-0.4, -0.2) is 54.7 Å². The fraction of sp³-hybridized carbons (Fsp3) is 0.846. The van der Waals surface area contributed by atoms with E-state index in [1.54, 1.807) is 12.0 Å². The van der Waals surface area contributed by atoms with Crippen LogP contribution in [0.25, 0.3) is 0 Å². The lowest BCUT2D eigenvalue weighted by molar-refractivity contribution is -0.137. The Labute approximate surface area is 113 Å². The first-order chi connectivity index (χ1) is 9.04. The Morgan fingerprint density at radius 2 is 2.26 bits per heavy atom. The minimum atomic E-state index is -0.778. The third-order valence-corrected chi connectivity index (χ3v) is 3.55. The Morgan fingerprint density at radius 1 is 1.53 bits per heavy atom. The molecule has 1 heterocycles. The van der Waals surface area contributed by atoms with Crippen molar-refractivity contribution < 1.29 is 19.4 Å². The van der Waals surface area contributed by atoms with Gasteiger partial charge in [-0.05, 0) is 31.6 Å². The van der Waals surface area contributed by atoms with Crippen molar-refractivity contribution in [3.8, 4) is 0 Å². The predicted octanol–water partition coefficient (Wildman–Crippen LogP) is 0.454. The summed E-state index contributed by atoms with van der Waals surface area (Å²) in [6.45, 7) is 1.83. The van der Waals surface area contributed by atoms with Crippen molar-refractivity contribution in [3.63, 3.8) is 0 Å². The number of aliphatic carboxylic acids is 1. The normalized spacial score (nSPS) is 21.2. The molecule has 110 valence electrons. The number of rotatable bonds is 7. The van der Waals surface area contributed by atoms with Gasteiger partial charge in [0.1, 0.15) is 0 Å². The quantitative estimate of drug-likeness (QED) is 0.702. The van der Waals surface area contributed by atoms with Gasteiger partial charge in [0.05, 0.1) is 6.04 Å². The van der Waals surface area contributed by atoms with Gasteiger partial charge >= 0.3 is 5.97 Å². The molecular formula is C13H24N2O4. The molecule has 6 heteroatoms. The molecule has 2 atom stereocenters. The topological polar surface area (TPSA) is 92.9 Å². The zero-order valence-electron chi connectivity index (χ0n) is 11.5. The predicted molar refractivity (Wildman–Crippen MR) is 70.6 cm³/mol. The van der Waals surface area contributed by atoms with E-state index in [9.17, 15) is 9.59 Å². The third kappa shape index (κ3) is 5.57. The van der Waals surface area contributed by atoms with Gasteiger partial charge in [-0.25, -0.2) is 0 Å². The molecule has 0 bridgehead atoms. The summed E-state index contributed by atoms with van der Waals surface area (Å²) < 4.78 is 4.92. The summed E-state index contributed by atoms with van der Waals surface area (Å²) >= 11 is 0. The first-order valence-corrected chi connectivity index (χ1v) is 6.79. The summed E-state index contributed by atoms with van der Waals surface area (Å²) in [7, 11) is 1.58. The third-order valence-electron chi connectivity index (χ3n) is 3.55. The number of nitrogens with two attached hydrogens (primary N) is 1. The highest BCUT2D eigenvalue weighted by Gasteiger charge is 2.27. The van der Waals surface area contributed by atoms with Gasteiger partial charge in [-0.2, -0.15) is 0 Å². The van der Waals surface area contributed by atoms with E-state index in [1.807, 2.05) is 0 Å². The molecule has 2 unspecified atom stereocenters. The number of methoxy groups -OCH3 is 1. The van der Waals surface area contributed by atoms with Crippen molar-refractivity contribution in [2.75, 3.05) is 26.8 Å². The van der Waals surface area contributed by atoms with Crippen molar-refractivity contribution in [2.24, 2.45) is 11.7 Å². The first-order valence-electron chi connectivity index (χ1n) is 6.79. The number of carboxylic acid groups (broad SMARTS) is 1. The number of carbonyl (C=O) groups is 2. The minimum Gasteiger partial charge on any atom is -0.481 e. The van der Waals surface area contributed by atoms with Crippen LogP contribution in [0.1, 0.15) is 32.1 Å². The highest BCUT2D eigenvalue weighted by Crippen LogP contribution is 2.21. The Balaban J connectivity index is 2.40. The summed E-state index contributed by atoms with van der Waals surface area (Å²) in [5.74, 6) is -0.541. The van der Waals surface area contributed by atoms with E-state index in [-0.39, 0.29) is 18.2 Å². The standard InChI is InChI=1S/C13H24N2O4/c1-19-8-6-11(14)13(18)15-7-2-3-10(9-15)4-5-12(16)17/h10-11H,2-9,14H2,1H3,(H,16,17). The number of likely N-dealkylation sites (tertiary alicyclic amines) is 1. The first kappa shape index (κ1) is 15.9. The Kier molecular flexibility index (Phi) is 6.80. The largest absolute Gasteiger partial charge is 0.481 e. The smallest absolute Gasteiger partial charge is 0.303 e. The van der Waals surface area contributed by atoms with Crippen LogP contribution in [0.2, 0.25) is 0 Å². The second-order valence-electron chi connectivity index (χ2n) is 5.11. The van der Waals surface area contributed by atoms with Crippen LogP contribution in [0.5, 0.6) is 0 Å². The molecule has 19 heavy (non-hydrogen) atoms. The molecule has 1 saturated heterocycles. The highest BCUT2D eigenvalue weighted by atomic mass is 16.5. The Hall–Kier alpha value is -1.14. The summed E-state index contributed by atoms with van der Waals surface area (Å²) in [6, 6.07) is -0.516. The number of carbonyl (C=O) groups excluding carboxylic acids is 1. The SMILES string of the molecule is COCCC(N)C(=O)N1CCCC(CCC(=O)O)C1. The number of hydrogen-bond donors (Lipinski definition) is 2. The van der Waals surface area contributed by atoms with E-state index in [1.165, 1.54) is 0 Å². The molecule has 0 radical (unpaired) electrons. The number of hydrogen-bond acceptors (Lipinski definition) is 4. The Bertz CT molecular complexity index is 309. The average molecular weight is 272 g/mol. The van der Waals surface area contributed by atoms with Crippen LogP contribution in [0.4, 0.5) is 0 Å². The number of piperidine rings is 1. The summed E-state index contributed by atoms with van der Waals surface area (Å²) in [5, 5.41) is 8.69. The van der Waals surface area contributed by atoms with Gasteiger partial charge in [0, 0.05) is 33.2 Å². The number of nitrogens with zero attached hydrogens (tertiary/aromatic N) is 1. The van der Waals surface area contributed by atoms with Crippen LogP contribution in [0.3, 0.4) is 0 Å². The van der Waals surface area contributed by atoms with Gasteiger partial charge in [-0.1, -0.05) is 0 Å². The molecule has 0 saturated carbocycles. The maximum Gasteiger partial charge on any atom is 0.303 e. The Morgan fingerprint density at radius 3 is 2.89 bits per heavy atom. The monoisotopic (exact) mass is 272 g/mol. The zero-order valence-corrected chi connectivity index (χ0v) is 11.5. The van der Waals surface area contributed by atoms with E-state index in [4.69, 9.17) is 15.6 Å². The molecule has 3 N–H and O–H groups in total. The minimum absolute atomic E-state index is 0.0444. The molecule has 1 aliphatic heterocycles. The van der Waals surface area contributed by atoms with Crippen LogP contribution < -0.4 is 5.73 Å². The number of ether oxygens (including phenoxy) is 1. The molecule has 0 spiro atoms. The fourth-order valence-corrected chi connectivity index (χ4v) is 2.43. The van der Waals surface area contributed by atoms with E-state index < -0.39 is 12.0 Å². The molecular weight excluding hydrogens is 248 g/mol. The van der Waals surface area contributed by atoms with Crippen LogP contribution in [0.15, 0.2) is 0 Å². The molecule has 1 fully saturated rings. The summed E-state index contributed by atoms with van der Waals surface area (Å²) in [4.78, 5) is 24.5. The van der Waals surface area contributed by atoms with Crippen molar-refractivity contribution >= 4 is 11.9 Å². The van der Waals surface area contributed by atoms with E-state index >= 15 is 0 Å². The van der Waals surface area contributed by atoms with Crippen molar-refractivity contribution in [1.82, 2.24) is 4.90 Å². The molecule has 1 aliphatic rings. The van der Waals surface area contributed by atoms with Crippen LogP contribution in [0, 0.1) is 5.92 Å². The second kappa shape index (κ2) is 8.12. The molecule has 0 aromatic rings. The fourth-order valence-electron chi connectivity index (χ4n) is 2.43. The molecule has 0 aliphatic carbocycles. The van der Waals surface area contributed by atoms with Gasteiger partial charge in [0.2, 0.25) is 5.91 Å². The van der Waals surface area contributed by atoms with Crippen LogP contribution in [-0.2, 0) is 14.3 Å². The van der Waals surface area contributed by atoms with Crippen molar-refractivity contribution in [1.29, 1.82) is 0 Å².